The van der Waals surface area contributed by atoms with E-state index in [1.54, 1.807) is 6.20 Å². The zero-order chi connectivity index (χ0) is 17.4. The minimum Gasteiger partial charge on any atom is -0.340 e. The van der Waals surface area contributed by atoms with Crippen molar-refractivity contribution in [2.24, 2.45) is 7.05 Å². The van der Waals surface area contributed by atoms with E-state index in [4.69, 9.17) is 11.6 Å². The van der Waals surface area contributed by atoms with E-state index in [2.05, 4.69) is 15.1 Å². The van der Waals surface area contributed by atoms with Crippen LogP contribution < -0.4 is 0 Å². The van der Waals surface area contributed by atoms with E-state index in [-0.39, 0.29) is 11.9 Å². The first kappa shape index (κ1) is 16.1. The van der Waals surface area contributed by atoms with Gasteiger partial charge in [-0.2, -0.15) is 5.10 Å². The highest BCUT2D eigenvalue weighted by Crippen LogP contribution is 2.32. The average Bonchev–Trinajstić information content (AvgIpc) is 3.30. The van der Waals surface area contributed by atoms with Crippen molar-refractivity contribution in [1.82, 2.24) is 24.6 Å². The van der Waals surface area contributed by atoms with Crippen molar-refractivity contribution in [3.8, 4) is 0 Å². The number of rotatable bonds is 4. The number of imidazole rings is 1. The molecule has 1 aliphatic rings. The van der Waals surface area contributed by atoms with Gasteiger partial charge in [0.1, 0.15) is 5.82 Å². The number of hydrogen-bond donors (Lipinski definition) is 1. The second-order valence-corrected chi connectivity index (χ2v) is 6.91. The van der Waals surface area contributed by atoms with E-state index in [1.165, 1.54) is 0 Å². The number of fused-ring (bicyclic) bond motifs is 1. The van der Waals surface area contributed by atoms with Crippen LogP contribution in [0.4, 0.5) is 0 Å². The third kappa shape index (κ3) is 3.14. The van der Waals surface area contributed by atoms with Gasteiger partial charge in [0.05, 0.1) is 17.1 Å². The van der Waals surface area contributed by atoms with Gasteiger partial charge in [-0.3, -0.25) is 9.48 Å². The minimum atomic E-state index is 0.0187. The molecule has 0 saturated carbocycles. The first-order chi connectivity index (χ1) is 12.1. The molecule has 6 nitrogen and oxygen atoms in total. The van der Waals surface area contributed by atoms with Crippen LogP contribution in [0.1, 0.15) is 36.8 Å². The number of nitrogens with zero attached hydrogens (tertiary/aromatic N) is 4. The molecular weight excluding hydrogens is 338 g/mol. The molecule has 0 radical (unpaired) electrons. The first-order valence-corrected chi connectivity index (χ1v) is 8.91. The maximum absolute atomic E-state index is 12.7. The molecule has 1 aliphatic heterocycles. The normalized spacial score (nSPS) is 17.5. The van der Waals surface area contributed by atoms with Gasteiger partial charge in [-0.1, -0.05) is 11.6 Å². The summed E-state index contributed by atoms with van der Waals surface area (Å²) in [5, 5.41) is 4.83. The Morgan fingerprint density at radius 3 is 3.08 bits per heavy atom. The van der Waals surface area contributed by atoms with Gasteiger partial charge in [-0.15, -0.1) is 0 Å². The smallest absolute Gasteiger partial charge is 0.223 e. The number of halogens is 1. The predicted molar refractivity (Wildman–Crippen MR) is 96.3 cm³/mol. The summed E-state index contributed by atoms with van der Waals surface area (Å²) in [5.41, 5.74) is 2.87. The van der Waals surface area contributed by atoms with Crippen molar-refractivity contribution in [1.29, 1.82) is 0 Å². The molecule has 25 heavy (non-hydrogen) atoms. The topological polar surface area (TPSA) is 66.8 Å². The molecule has 1 fully saturated rings. The maximum atomic E-state index is 12.7. The SMILES string of the molecule is Cn1nccc1CCC(=O)N1CCCC1c1nc2ccc(Cl)cc2[nH]1. The number of amides is 1. The molecule has 1 saturated heterocycles. The minimum absolute atomic E-state index is 0.0187. The molecule has 1 N–H and O–H groups in total. The van der Waals surface area contributed by atoms with E-state index < -0.39 is 0 Å². The average molecular weight is 358 g/mol. The van der Waals surface area contributed by atoms with E-state index in [9.17, 15) is 4.79 Å². The number of aryl methyl sites for hydroxylation is 2. The predicted octanol–water partition coefficient (Wildman–Crippen LogP) is 3.25. The Labute approximate surface area is 150 Å². The Bertz CT molecular complexity index is 915. The molecule has 4 rings (SSSR count). The van der Waals surface area contributed by atoms with Crippen molar-refractivity contribution in [2.75, 3.05) is 6.54 Å². The molecule has 0 bridgehead atoms. The van der Waals surface area contributed by atoms with E-state index in [0.717, 1.165) is 41.9 Å². The fourth-order valence-corrected chi connectivity index (χ4v) is 3.71. The highest BCUT2D eigenvalue weighted by atomic mass is 35.5. The van der Waals surface area contributed by atoms with Crippen LogP contribution in [0.2, 0.25) is 5.02 Å². The van der Waals surface area contributed by atoms with Crippen LogP contribution in [-0.2, 0) is 18.3 Å². The zero-order valence-electron chi connectivity index (χ0n) is 14.1. The van der Waals surface area contributed by atoms with Crippen molar-refractivity contribution < 1.29 is 4.79 Å². The van der Waals surface area contributed by atoms with Crippen molar-refractivity contribution in [3.63, 3.8) is 0 Å². The van der Waals surface area contributed by atoms with Crippen LogP contribution >= 0.6 is 11.6 Å². The summed E-state index contributed by atoms with van der Waals surface area (Å²) in [4.78, 5) is 22.7. The van der Waals surface area contributed by atoms with E-state index in [0.29, 0.717) is 17.9 Å². The second kappa shape index (κ2) is 6.52. The van der Waals surface area contributed by atoms with Gasteiger partial charge in [-0.25, -0.2) is 4.98 Å². The van der Waals surface area contributed by atoms with Gasteiger partial charge in [0.25, 0.3) is 0 Å². The number of benzene rings is 1. The number of likely N-dealkylation sites (tertiary alicyclic amines) is 1. The van der Waals surface area contributed by atoms with Crippen LogP contribution in [0.3, 0.4) is 0 Å². The molecule has 1 atom stereocenters. The third-order valence-corrected chi connectivity index (χ3v) is 5.10. The summed E-state index contributed by atoms with van der Waals surface area (Å²) in [6, 6.07) is 7.58. The van der Waals surface area contributed by atoms with Crippen LogP contribution in [-0.4, -0.2) is 37.1 Å². The highest BCUT2D eigenvalue weighted by molar-refractivity contribution is 6.31. The number of carbonyl (C=O) groups excluding carboxylic acids is 1. The first-order valence-electron chi connectivity index (χ1n) is 8.53. The summed E-state index contributed by atoms with van der Waals surface area (Å²) >= 11 is 6.05. The molecule has 1 aromatic carbocycles. The Kier molecular flexibility index (Phi) is 4.21. The Balaban J connectivity index is 1.50. The molecule has 130 valence electrons. The summed E-state index contributed by atoms with van der Waals surface area (Å²) in [6.07, 6.45) is 4.89. The Hall–Kier alpha value is -2.34. The highest BCUT2D eigenvalue weighted by Gasteiger charge is 2.31. The number of H-pyrrole nitrogens is 1. The molecule has 7 heteroatoms. The standard InChI is InChI=1S/C18H20ClN5O/c1-23-13(8-9-20-23)5-7-17(25)24-10-2-3-16(24)18-21-14-6-4-12(19)11-15(14)22-18/h4,6,8-9,11,16H,2-3,5,7,10H2,1H3,(H,21,22). The molecule has 2 aromatic heterocycles. The molecule has 0 spiro atoms. The van der Waals surface area contributed by atoms with Crippen LogP contribution in [0.15, 0.2) is 30.5 Å². The lowest BCUT2D eigenvalue weighted by Gasteiger charge is -2.23. The summed E-state index contributed by atoms with van der Waals surface area (Å²) in [5.74, 6) is 1.02. The molecule has 3 aromatic rings. The Morgan fingerprint density at radius 2 is 2.28 bits per heavy atom. The van der Waals surface area contributed by atoms with Crippen molar-refractivity contribution in [3.05, 3.63) is 47.0 Å². The Morgan fingerprint density at radius 1 is 1.40 bits per heavy atom. The van der Waals surface area contributed by atoms with Gasteiger partial charge in [0.2, 0.25) is 5.91 Å². The quantitative estimate of drug-likeness (QED) is 0.779. The second-order valence-electron chi connectivity index (χ2n) is 6.47. The fourth-order valence-electron chi connectivity index (χ4n) is 3.53. The van der Waals surface area contributed by atoms with Gasteiger partial charge < -0.3 is 9.88 Å². The number of aromatic nitrogens is 4. The number of aromatic amines is 1. The van der Waals surface area contributed by atoms with Gasteiger partial charge in [0, 0.05) is 36.9 Å². The monoisotopic (exact) mass is 357 g/mol. The van der Waals surface area contributed by atoms with Crippen LogP contribution in [0, 0.1) is 0 Å². The van der Waals surface area contributed by atoms with Gasteiger partial charge >= 0.3 is 0 Å². The van der Waals surface area contributed by atoms with E-state index in [1.807, 2.05) is 40.9 Å². The molecule has 1 amide bonds. The van der Waals surface area contributed by atoms with Gasteiger partial charge in [0.15, 0.2) is 0 Å². The number of carbonyl (C=O) groups is 1. The molecular formula is C18H20ClN5O. The molecule has 0 aliphatic carbocycles. The lowest BCUT2D eigenvalue weighted by molar-refractivity contribution is -0.132. The van der Waals surface area contributed by atoms with Gasteiger partial charge in [-0.05, 0) is 43.5 Å². The summed E-state index contributed by atoms with van der Waals surface area (Å²) in [7, 11) is 1.90. The fraction of sp³-hybridized carbons (Fsp3) is 0.389. The number of hydrogen-bond acceptors (Lipinski definition) is 3. The summed E-state index contributed by atoms with van der Waals surface area (Å²) < 4.78 is 1.82. The third-order valence-electron chi connectivity index (χ3n) is 4.87. The maximum Gasteiger partial charge on any atom is 0.223 e. The molecule has 3 heterocycles. The number of nitrogens with one attached hydrogen (secondary N) is 1. The zero-order valence-corrected chi connectivity index (χ0v) is 14.8. The van der Waals surface area contributed by atoms with Crippen molar-refractivity contribution >= 4 is 28.5 Å². The van der Waals surface area contributed by atoms with Crippen molar-refractivity contribution in [2.45, 2.75) is 31.7 Å². The lowest BCUT2D eigenvalue weighted by atomic mass is 10.2. The summed E-state index contributed by atoms with van der Waals surface area (Å²) in [6.45, 7) is 0.784. The van der Waals surface area contributed by atoms with E-state index >= 15 is 0 Å². The van der Waals surface area contributed by atoms with Crippen LogP contribution in [0.25, 0.3) is 11.0 Å². The lowest BCUT2D eigenvalue weighted by Crippen LogP contribution is -2.31. The molecule has 1 unspecified atom stereocenters. The largest absolute Gasteiger partial charge is 0.340 e. The van der Waals surface area contributed by atoms with Crippen LogP contribution in [0.5, 0.6) is 0 Å².